The Bertz CT molecular complexity index is 663. The molecule has 0 fully saturated rings. The van der Waals surface area contributed by atoms with Gasteiger partial charge in [-0.3, -0.25) is 0 Å². The van der Waals surface area contributed by atoms with Gasteiger partial charge < -0.3 is 9.64 Å². The summed E-state index contributed by atoms with van der Waals surface area (Å²) in [5.41, 5.74) is 3.88. The zero-order valence-electron chi connectivity index (χ0n) is 21.8. The molecule has 0 bridgehead atoms. The lowest BCUT2D eigenvalue weighted by Gasteiger charge is -2.25. The Labute approximate surface area is 199 Å². The van der Waals surface area contributed by atoms with Gasteiger partial charge in [0.15, 0.2) is 0 Å². The van der Waals surface area contributed by atoms with Gasteiger partial charge in [0.25, 0.3) is 0 Å². The molecule has 0 saturated carbocycles. The Morgan fingerprint density at radius 1 is 0.750 bits per heavy atom. The number of fused-ring (bicyclic) bond motifs is 1. The minimum absolute atomic E-state index is 0.0150. The molecule has 0 unspecified atom stereocenters. The molecule has 0 aliphatic carbocycles. The number of hydrogen-bond acceptors (Lipinski definition) is 2. The Morgan fingerprint density at radius 2 is 1.22 bits per heavy atom. The van der Waals surface area contributed by atoms with Gasteiger partial charge in [0, 0.05) is 23.3 Å². The molecule has 0 amide bonds. The molecule has 0 spiro atoms. The standard InChI is InChI=1S/C30H51NO/c1-6-7-8-9-10-11-12-13-14-15-16-17-18-19-20-21-24-31-26(2)30(3,4)28-25-27(32-5)22-23-29(28)31/h22-23,25H,2,6-21,24H2,1,3-5H3. The van der Waals surface area contributed by atoms with E-state index in [-0.39, 0.29) is 5.41 Å². The zero-order chi connectivity index (χ0) is 23.2. The quantitative estimate of drug-likeness (QED) is 0.210. The number of unbranched alkanes of at least 4 members (excludes halogenated alkanes) is 15. The number of hydrogen-bond donors (Lipinski definition) is 0. The normalized spacial score (nSPS) is 14.8. The lowest BCUT2D eigenvalue weighted by molar-refractivity contribution is 0.413. The molecule has 0 radical (unpaired) electrons. The van der Waals surface area contributed by atoms with E-state index in [4.69, 9.17) is 4.74 Å². The van der Waals surface area contributed by atoms with Crippen LogP contribution in [0.2, 0.25) is 0 Å². The number of ether oxygens (including phenoxy) is 1. The van der Waals surface area contributed by atoms with Gasteiger partial charge in [-0.25, -0.2) is 0 Å². The Hall–Kier alpha value is -1.44. The summed E-state index contributed by atoms with van der Waals surface area (Å²) in [7, 11) is 1.74. The second kappa shape index (κ2) is 14.7. The highest BCUT2D eigenvalue weighted by molar-refractivity contribution is 5.71. The van der Waals surface area contributed by atoms with Gasteiger partial charge in [-0.15, -0.1) is 0 Å². The van der Waals surface area contributed by atoms with E-state index in [2.05, 4.69) is 50.4 Å². The molecule has 1 aromatic carbocycles. The number of rotatable bonds is 18. The highest BCUT2D eigenvalue weighted by Gasteiger charge is 2.38. The third-order valence-electron chi connectivity index (χ3n) is 7.45. The van der Waals surface area contributed by atoms with Crippen LogP contribution in [0.3, 0.4) is 0 Å². The summed E-state index contributed by atoms with van der Waals surface area (Å²) in [6, 6.07) is 6.48. The molecule has 1 aliphatic heterocycles. The molecule has 0 atom stereocenters. The minimum atomic E-state index is -0.0150. The molecule has 182 valence electrons. The van der Waals surface area contributed by atoms with Gasteiger partial charge in [0.1, 0.15) is 5.75 Å². The fourth-order valence-corrected chi connectivity index (χ4v) is 5.09. The van der Waals surface area contributed by atoms with Gasteiger partial charge in [-0.05, 0) is 30.2 Å². The van der Waals surface area contributed by atoms with Crippen LogP contribution < -0.4 is 9.64 Å². The van der Waals surface area contributed by atoms with E-state index in [1.54, 1.807) is 7.11 Å². The van der Waals surface area contributed by atoms with Crippen molar-refractivity contribution in [2.24, 2.45) is 0 Å². The summed E-state index contributed by atoms with van der Waals surface area (Å²) >= 11 is 0. The molecular formula is C30H51NO. The van der Waals surface area contributed by atoms with Crippen molar-refractivity contribution in [3.8, 4) is 5.75 Å². The maximum absolute atomic E-state index is 5.45. The summed E-state index contributed by atoms with van der Waals surface area (Å²) in [5, 5.41) is 0. The molecule has 0 N–H and O–H groups in total. The maximum atomic E-state index is 5.45. The van der Waals surface area contributed by atoms with E-state index in [1.165, 1.54) is 120 Å². The lowest BCUT2D eigenvalue weighted by Crippen LogP contribution is -2.26. The largest absolute Gasteiger partial charge is 0.497 e. The van der Waals surface area contributed by atoms with E-state index in [0.29, 0.717) is 0 Å². The summed E-state index contributed by atoms with van der Waals surface area (Å²) < 4.78 is 5.45. The molecule has 0 aromatic heterocycles. The predicted octanol–water partition coefficient (Wildman–Crippen LogP) is 9.57. The van der Waals surface area contributed by atoms with Crippen molar-refractivity contribution in [2.75, 3.05) is 18.6 Å². The fraction of sp³-hybridized carbons (Fsp3) is 0.733. The molecular weight excluding hydrogens is 390 g/mol. The SMILES string of the molecule is C=C1N(CCCCCCCCCCCCCCCCCC)c2ccc(OC)cc2C1(C)C. The highest BCUT2D eigenvalue weighted by Crippen LogP contribution is 2.48. The zero-order valence-corrected chi connectivity index (χ0v) is 21.8. The Kier molecular flexibility index (Phi) is 12.3. The first kappa shape index (κ1) is 26.8. The summed E-state index contributed by atoms with van der Waals surface area (Å²) in [6.45, 7) is 12.4. The van der Waals surface area contributed by atoms with Crippen molar-refractivity contribution in [2.45, 2.75) is 129 Å². The fourth-order valence-electron chi connectivity index (χ4n) is 5.09. The summed E-state index contributed by atoms with van der Waals surface area (Å²) in [6.07, 6.45) is 22.6. The van der Waals surface area contributed by atoms with Gasteiger partial charge in [-0.2, -0.15) is 0 Å². The Morgan fingerprint density at radius 3 is 1.69 bits per heavy atom. The number of allylic oxidation sites excluding steroid dienone is 1. The van der Waals surface area contributed by atoms with E-state index in [0.717, 1.165) is 12.3 Å². The summed E-state index contributed by atoms with van der Waals surface area (Å²) in [5.74, 6) is 0.939. The van der Waals surface area contributed by atoms with Crippen LogP contribution >= 0.6 is 0 Å². The Balaban J connectivity index is 1.49. The molecule has 32 heavy (non-hydrogen) atoms. The van der Waals surface area contributed by atoms with Crippen LogP contribution in [0.5, 0.6) is 5.75 Å². The number of benzene rings is 1. The topological polar surface area (TPSA) is 12.5 Å². The van der Waals surface area contributed by atoms with E-state index < -0.39 is 0 Å². The summed E-state index contributed by atoms with van der Waals surface area (Å²) in [4.78, 5) is 2.44. The molecule has 2 nitrogen and oxygen atoms in total. The number of methoxy groups -OCH3 is 1. The lowest BCUT2D eigenvalue weighted by atomic mass is 9.84. The van der Waals surface area contributed by atoms with Crippen LogP contribution in [0, 0.1) is 0 Å². The first-order chi connectivity index (χ1) is 15.5. The number of nitrogens with zero attached hydrogens (tertiary/aromatic N) is 1. The van der Waals surface area contributed by atoms with Crippen LogP contribution in [-0.4, -0.2) is 13.7 Å². The van der Waals surface area contributed by atoms with Crippen molar-refractivity contribution >= 4 is 5.69 Å². The molecule has 2 rings (SSSR count). The smallest absolute Gasteiger partial charge is 0.119 e. The van der Waals surface area contributed by atoms with Crippen molar-refractivity contribution < 1.29 is 4.74 Å². The molecule has 2 heteroatoms. The van der Waals surface area contributed by atoms with Crippen LogP contribution in [0.4, 0.5) is 5.69 Å². The average molecular weight is 442 g/mol. The third kappa shape index (κ3) is 8.16. The van der Waals surface area contributed by atoms with Gasteiger partial charge >= 0.3 is 0 Å². The number of anilines is 1. The maximum Gasteiger partial charge on any atom is 0.119 e. The highest BCUT2D eigenvalue weighted by atomic mass is 16.5. The van der Waals surface area contributed by atoms with Crippen molar-refractivity contribution in [3.05, 3.63) is 36.0 Å². The van der Waals surface area contributed by atoms with Gasteiger partial charge in [0.05, 0.1) is 7.11 Å². The van der Waals surface area contributed by atoms with Crippen LogP contribution in [0.25, 0.3) is 0 Å². The van der Waals surface area contributed by atoms with Gasteiger partial charge in [-0.1, -0.05) is 124 Å². The van der Waals surface area contributed by atoms with Crippen molar-refractivity contribution in [1.29, 1.82) is 0 Å². The van der Waals surface area contributed by atoms with Crippen LogP contribution in [0.1, 0.15) is 129 Å². The van der Waals surface area contributed by atoms with E-state index in [1.807, 2.05) is 0 Å². The van der Waals surface area contributed by atoms with Crippen LogP contribution in [0.15, 0.2) is 30.5 Å². The second-order valence-corrected chi connectivity index (χ2v) is 10.4. The third-order valence-corrected chi connectivity index (χ3v) is 7.45. The van der Waals surface area contributed by atoms with E-state index in [9.17, 15) is 0 Å². The van der Waals surface area contributed by atoms with Crippen molar-refractivity contribution in [1.82, 2.24) is 0 Å². The first-order valence-corrected chi connectivity index (χ1v) is 13.7. The average Bonchev–Trinajstić information content (AvgIpc) is 2.98. The van der Waals surface area contributed by atoms with Gasteiger partial charge in [0.2, 0.25) is 0 Å². The molecule has 1 aliphatic rings. The monoisotopic (exact) mass is 441 g/mol. The van der Waals surface area contributed by atoms with E-state index >= 15 is 0 Å². The molecule has 1 aromatic rings. The predicted molar refractivity (Wildman–Crippen MR) is 142 cm³/mol. The second-order valence-electron chi connectivity index (χ2n) is 10.4. The minimum Gasteiger partial charge on any atom is -0.497 e. The molecule has 1 heterocycles. The van der Waals surface area contributed by atoms with Crippen molar-refractivity contribution in [3.63, 3.8) is 0 Å². The molecule has 0 saturated heterocycles. The van der Waals surface area contributed by atoms with Crippen LogP contribution in [-0.2, 0) is 5.41 Å². The first-order valence-electron chi connectivity index (χ1n) is 13.7.